The van der Waals surface area contributed by atoms with Gasteiger partial charge in [-0.15, -0.1) is 0 Å². The van der Waals surface area contributed by atoms with Crippen molar-refractivity contribution in [1.29, 1.82) is 0 Å². The number of hydrogen-bond donors (Lipinski definition) is 2. The zero-order valence-corrected chi connectivity index (χ0v) is 10.1. The number of sulfonamides is 1. The summed E-state index contributed by atoms with van der Waals surface area (Å²) in [7, 11) is -3.92. The van der Waals surface area contributed by atoms with E-state index < -0.39 is 29.0 Å². The van der Waals surface area contributed by atoms with E-state index in [0.29, 0.717) is 5.56 Å². The zero-order valence-electron chi connectivity index (χ0n) is 9.28. The summed E-state index contributed by atoms with van der Waals surface area (Å²) in [4.78, 5) is -0.00665. The lowest BCUT2D eigenvalue weighted by Gasteiger charge is -2.15. The second-order valence-electron chi connectivity index (χ2n) is 3.65. The van der Waals surface area contributed by atoms with Crippen LogP contribution in [0.1, 0.15) is 5.56 Å². The third-order valence-electron chi connectivity index (χ3n) is 2.20. The number of hydrogen-bond acceptors (Lipinski definition) is 3. The smallest absolute Gasteiger partial charge is 0.273 e. The Hall–Kier alpha value is -1.05. The molecule has 96 valence electrons. The first-order chi connectivity index (χ1) is 7.78. The van der Waals surface area contributed by atoms with Gasteiger partial charge in [0, 0.05) is 0 Å². The summed E-state index contributed by atoms with van der Waals surface area (Å²) >= 11 is 0. The number of nitrogens with two attached hydrogens (primary N) is 1. The molecule has 17 heavy (non-hydrogen) atoms. The predicted molar refractivity (Wildman–Crippen MR) is 60.4 cm³/mol. The molecule has 0 unspecified atom stereocenters. The maximum absolute atomic E-state index is 12.8. The van der Waals surface area contributed by atoms with Crippen molar-refractivity contribution in [2.24, 2.45) is 5.73 Å². The summed E-state index contributed by atoms with van der Waals surface area (Å²) in [6.45, 7) is -0.306. The first-order valence-electron chi connectivity index (χ1n) is 4.92. The monoisotopic (exact) mass is 264 g/mol. The van der Waals surface area contributed by atoms with Gasteiger partial charge in [-0.25, -0.2) is 21.9 Å². The summed E-state index contributed by atoms with van der Waals surface area (Å²) < 4.78 is 51.0. The zero-order chi connectivity index (χ0) is 13.1. The fraction of sp³-hybridized carbons (Fsp3) is 0.400. The molecule has 0 aromatic heterocycles. The molecule has 0 bridgehead atoms. The van der Waals surface area contributed by atoms with E-state index in [1.165, 1.54) is 12.1 Å². The Labute approximate surface area is 98.9 Å². The molecule has 0 radical (unpaired) electrons. The van der Waals surface area contributed by atoms with Crippen molar-refractivity contribution in [2.75, 3.05) is 13.1 Å². The van der Waals surface area contributed by atoms with Crippen LogP contribution in [0.25, 0.3) is 0 Å². The van der Waals surface area contributed by atoms with E-state index in [1.807, 2.05) is 4.72 Å². The minimum atomic E-state index is -3.92. The molecule has 0 saturated carbocycles. The van der Waals surface area contributed by atoms with Crippen LogP contribution in [0.15, 0.2) is 29.2 Å². The highest BCUT2D eigenvalue weighted by molar-refractivity contribution is 7.89. The van der Waals surface area contributed by atoms with Crippen LogP contribution in [-0.2, 0) is 10.0 Å². The maximum Gasteiger partial charge on any atom is 0.273 e. The fourth-order valence-electron chi connectivity index (χ4n) is 1.21. The Balaban J connectivity index is 2.88. The van der Waals surface area contributed by atoms with E-state index >= 15 is 0 Å². The number of nitrogens with one attached hydrogen (secondary N) is 1. The summed E-state index contributed by atoms with van der Waals surface area (Å²) in [5.41, 5.74) is 5.32. The second kappa shape index (κ2) is 5.07. The fourth-order valence-corrected chi connectivity index (χ4v) is 2.51. The van der Waals surface area contributed by atoms with Gasteiger partial charge in [-0.2, -0.15) is 0 Å². The van der Waals surface area contributed by atoms with Gasteiger partial charge in [0.05, 0.1) is 18.0 Å². The van der Waals surface area contributed by atoms with E-state index in [2.05, 4.69) is 0 Å². The van der Waals surface area contributed by atoms with E-state index in [0.717, 1.165) is 0 Å². The van der Waals surface area contributed by atoms with Crippen LogP contribution >= 0.6 is 0 Å². The van der Waals surface area contributed by atoms with E-state index in [9.17, 15) is 17.2 Å². The van der Waals surface area contributed by atoms with Crippen molar-refractivity contribution >= 4 is 10.0 Å². The van der Waals surface area contributed by atoms with Gasteiger partial charge in [0.25, 0.3) is 5.92 Å². The lowest BCUT2D eigenvalue weighted by atomic mass is 10.2. The Morgan fingerprint density at radius 2 is 1.94 bits per heavy atom. The van der Waals surface area contributed by atoms with Crippen molar-refractivity contribution in [1.82, 2.24) is 4.72 Å². The standard InChI is InChI=1S/C10H14F2N2O2S/c1-8-4-2-3-5-9(8)17(15,16)14-7-10(11,12)6-13/h2-5,14H,6-7,13H2,1H3. The molecule has 0 saturated heterocycles. The number of halogens is 2. The summed E-state index contributed by atoms with van der Waals surface area (Å²) in [6, 6.07) is 6.15. The number of aryl methyl sites for hydroxylation is 1. The van der Waals surface area contributed by atoms with Crippen molar-refractivity contribution in [3.8, 4) is 0 Å². The van der Waals surface area contributed by atoms with Gasteiger partial charge < -0.3 is 5.73 Å². The van der Waals surface area contributed by atoms with Gasteiger partial charge in [-0.1, -0.05) is 18.2 Å². The molecule has 0 spiro atoms. The topological polar surface area (TPSA) is 72.2 Å². The molecule has 1 aromatic carbocycles. The van der Waals surface area contributed by atoms with Gasteiger partial charge in [0.1, 0.15) is 0 Å². The highest BCUT2D eigenvalue weighted by Crippen LogP contribution is 2.15. The maximum atomic E-state index is 12.8. The Morgan fingerprint density at radius 3 is 2.47 bits per heavy atom. The van der Waals surface area contributed by atoms with Crippen LogP contribution in [0.3, 0.4) is 0 Å². The SMILES string of the molecule is Cc1ccccc1S(=O)(=O)NCC(F)(F)CN. The average molecular weight is 264 g/mol. The molecule has 0 amide bonds. The molecule has 0 aliphatic rings. The largest absolute Gasteiger partial charge is 0.325 e. The Morgan fingerprint density at radius 1 is 1.35 bits per heavy atom. The molecule has 0 heterocycles. The predicted octanol–water partition coefficient (Wildman–Crippen LogP) is 0.867. The molecule has 4 nitrogen and oxygen atoms in total. The third-order valence-corrected chi connectivity index (χ3v) is 3.76. The third kappa shape index (κ3) is 3.72. The normalized spacial score (nSPS) is 12.7. The molecule has 0 fully saturated rings. The quantitative estimate of drug-likeness (QED) is 0.828. The molecule has 1 aromatic rings. The van der Waals surface area contributed by atoms with Crippen molar-refractivity contribution in [3.05, 3.63) is 29.8 Å². The minimum Gasteiger partial charge on any atom is -0.325 e. The lowest BCUT2D eigenvalue weighted by Crippen LogP contribution is -2.41. The van der Waals surface area contributed by atoms with Crippen LogP contribution < -0.4 is 10.5 Å². The molecule has 3 N–H and O–H groups in total. The van der Waals surface area contributed by atoms with Gasteiger partial charge in [-0.3, -0.25) is 0 Å². The van der Waals surface area contributed by atoms with Crippen LogP contribution in [0.5, 0.6) is 0 Å². The van der Waals surface area contributed by atoms with Crippen molar-refractivity contribution < 1.29 is 17.2 Å². The van der Waals surface area contributed by atoms with Gasteiger partial charge in [0.2, 0.25) is 10.0 Å². The van der Waals surface area contributed by atoms with Gasteiger partial charge in [-0.05, 0) is 18.6 Å². The average Bonchev–Trinajstić information content (AvgIpc) is 2.27. The van der Waals surface area contributed by atoms with Gasteiger partial charge in [0.15, 0.2) is 0 Å². The van der Waals surface area contributed by atoms with E-state index in [1.54, 1.807) is 19.1 Å². The molecule has 0 aliphatic heterocycles. The van der Waals surface area contributed by atoms with Crippen LogP contribution in [0.4, 0.5) is 8.78 Å². The first kappa shape index (κ1) is 14.0. The number of benzene rings is 1. The van der Waals surface area contributed by atoms with Crippen LogP contribution in [0.2, 0.25) is 0 Å². The Kier molecular flexibility index (Phi) is 4.18. The van der Waals surface area contributed by atoms with E-state index in [-0.39, 0.29) is 4.90 Å². The van der Waals surface area contributed by atoms with Crippen LogP contribution in [-0.4, -0.2) is 27.4 Å². The highest BCUT2D eigenvalue weighted by Gasteiger charge is 2.29. The number of alkyl halides is 2. The summed E-state index contributed by atoms with van der Waals surface area (Å²) in [5.74, 6) is -3.24. The number of rotatable bonds is 5. The minimum absolute atomic E-state index is 0.00665. The molecular weight excluding hydrogens is 250 g/mol. The Bertz CT molecular complexity index is 489. The second-order valence-corrected chi connectivity index (χ2v) is 5.39. The van der Waals surface area contributed by atoms with E-state index in [4.69, 9.17) is 5.73 Å². The van der Waals surface area contributed by atoms with Gasteiger partial charge >= 0.3 is 0 Å². The molecule has 1 rings (SSSR count). The van der Waals surface area contributed by atoms with Crippen molar-refractivity contribution in [3.63, 3.8) is 0 Å². The molecule has 0 atom stereocenters. The lowest BCUT2D eigenvalue weighted by molar-refractivity contribution is 0.0170. The summed E-state index contributed by atoms with van der Waals surface area (Å²) in [5, 5.41) is 0. The summed E-state index contributed by atoms with van der Waals surface area (Å²) in [6.07, 6.45) is 0. The molecule has 0 aliphatic carbocycles. The highest BCUT2D eigenvalue weighted by atomic mass is 32.2. The molecule has 7 heteroatoms. The van der Waals surface area contributed by atoms with Crippen LogP contribution in [0, 0.1) is 6.92 Å². The first-order valence-corrected chi connectivity index (χ1v) is 6.40. The van der Waals surface area contributed by atoms with Crippen molar-refractivity contribution in [2.45, 2.75) is 17.7 Å². The molecular formula is C10H14F2N2O2S.